The van der Waals surface area contributed by atoms with Crippen molar-refractivity contribution in [3.63, 3.8) is 0 Å². The fourth-order valence-corrected chi connectivity index (χ4v) is 3.17. The van der Waals surface area contributed by atoms with Gasteiger partial charge in [-0.1, -0.05) is 29.3 Å². The molecule has 0 unspecified atom stereocenters. The van der Waals surface area contributed by atoms with Crippen molar-refractivity contribution in [2.24, 2.45) is 5.92 Å². The molecule has 1 aliphatic rings. The van der Waals surface area contributed by atoms with Crippen LogP contribution in [0.15, 0.2) is 36.5 Å². The molecule has 126 valence electrons. The number of anilines is 2. The molecule has 1 N–H and O–H groups in total. The third-order valence-corrected chi connectivity index (χ3v) is 4.82. The minimum atomic E-state index is 0.00642. The third kappa shape index (κ3) is 4.00. The lowest BCUT2D eigenvalue weighted by molar-refractivity contribution is -0.120. The topological polar surface area (TPSA) is 45.2 Å². The standard InChI is InChI=1S/C18H19Cl2N3O/c1-12-2-3-14(19)10-16(12)22-18(24)13-6-8-23(9-7-13)17-5-4-15(20)11-21-17/h2-5,10-11,13H,6-9H2,1H3,(H,22,24). The van der Waals surface area contributed by atoms with Gasteiger partial charge in [-0.05, 0) is 49.6 Å². The first kappa shape index (κ1) is 17.1. The van der Waals surface area contributed by atoms with Crippen LogP contribution in [0.3, 0.4) is 0 Å². The summed E-state index contributed by atoms with van der Waals surface area (Å²) in [7, 11) is 0. The second-order valence-corrected chi connectivity index (χ2v) is 6.92. The van der Waals surface area contributed by atoms with Crippen LogP contribution in [0.5, 0.6) is 0 Å². The van der Waals surface area contributed by atoms with Crippen LogP contribution in [0.25, 0.3) is 0 Å². The molecule has 24 heavy (non-hydrogen) atoms. The Balaban J connectivity index is 1.59. The smallest absolute Gasteiger partial charge is 0.227 e. The van der Waals surface area contributed by atoms with Gasteiger partial charge in [0.05, 0.1) is 5.02 Å². The number of halogens is 2. The predicted octanol–water partition coefficient (Wildman–Crippen LogP) is 4.55. The molecule has 0 radical (unpaired) electrons. The molecule has 2 heterocycles. The highest BCUT2D eigenvalue weighted by Gasteiger charge is 2.26. The number of hydrogen-bond donors (Lipinski definition) is 1. The quantitative estimate of drug-likeness (QED) is 0.869. The average Bonchev–Trinajstić information content (AvgIpc) is 2.59. The van der Waals surface area contributed by atoms with Crippen molar-refractivity contribution < 1.29 is 4.79 Å². The molecule has 1 aromatic carbocycles. The molecule has 1 saturated heterocycles. The highest BCUT2D eigenvalue weighted by molar-refractivity contribution is 6.31. The van der Waals surface area contributed by atoms with Gasteiger partial charge >= 0.3 is 0 Å². The maximum absolute atomic E-state index is 12.5. The summed E-state index contributed by atoms with van der Waals surface area (Å²) in [6.07, 6.45) is 3.25. The third-order valence-electron chi connectivity index (χ3n) is 4.36. The van der Waals surface area contributed by atoms with E-state index < -0.39 is 0 Å². The van der Waals surface area contributed by atoms with E-state index in [1.807, 2.05) is 31.2 Å². The summed E-state index contributed by atoms with van der Waals surface area (Å²) in [4.78, 5) is 19.0. The summed E-state index contributed by atoms with van der Waals surface area (Å²) in [5.41, 5.74) is 1.80. The lowest BCUT2D eigenvalue weighted by atomic mass is 9.95. The Morgan fingerprint density at radius 1 is 1.17 bits per heavy atom. The van der Waals surface area contributed by atoms with Crippen molar-refractivity contribution in [2.45, 2.75) is 19.8 Å². The number of rotatable bonds is 3. The number of amides is 1. The maximum Gasteiger partial charge on any atom is 0.227 e. The Morgan fingerprint density at radius 2 is 1.88 bits per heavy atom. The number of aromatic nitrogens is 1. The van der Waals surface area contributed by atoms with Gasteiger partial charge < -0.3 is 10.2 Å². The molecule has 0 atom stereocenters. The molecule has 1 amide bonds. The Hall–Kier alpha value is -1.78. The van der Waals surface area contributed by atoms with Crippen LogP contribution in [-0.2, 0) is 4.79 Å². The second-order valence-electron chi connectivity index (χ2n) is 6.04. The predicted molar refractivity (Wildman–Crippen MR) is 99.0 cm³/mol. The monoisotopic (exact) mass is 363 g/mol. The zero-order valence-electron chi connectivity index (χ0n) is 13.4. The van der Waals surface area contributed by atoms with Gasteiger partial charge in [-0.3, -0.25) is 4.79 Å². The van der Waals surface area contributed by atoms with Crippen molar-refractivity contribution >= 4 is 40.6 Å². The first-order chi connectivity index (χ1) is 11.5. The molecule has 6 heteroatoms. The fraction of sp³-hybridized carbons (Fsp3) is 0.333. The van der Waals surface area contributed by atoms with Crippen molar-refractivity contribution in [1.29, 1.82) is 0 Å². The molecule has 3 rings (SSSR count). The van der Waals surface area contributed by atoms with E-state index in [2.05, 4.69) is 15.2 Å². The van der Waals surface area contributed by atoms with Gasteiger partial charge in [-0.15, -0.1) is 0 Å². The Bertz CT molecular complexity index is 726. The van der Waals surface area contributed by atoms with Crippen LogP contribution >= 0.6 is 23.2 Å². The largest absolute Gasteiger partial charge is 0.357 e. The number of aryl methyl sites for hydroxylation is 1. The van der Waals surface area contributed by atoms with E-state index in [4.69, 9.17) is 23.2 Å². The van der Waals surface area contributed by atoms with E-state index in [0.29, 0.717) is 10.0 Å². The van der Waals surface area contributed by atoms with Gasteiger partial charge in [-0.2, -0.15) is 0 Å². The van der Waals surface area contributed by atoms with Gasteiger partial charge in [0.15, 0.2) is 0 Å². The summed E-state index contributed by atoms with van der Waals surface area (Å²) >= 11 is 11.9. The van der Waals surface area contributed by atoms with E-state index in [9.17, 15) is 4.79 Å². The SMILES string of the molecule is Cc1ccc(Cl)cc1NC(=O)C1CCN(c2ccc(Cl)cn2)CC1. The number of piperidine rings is 1. The summed E-state index contributed by atoms with van der Waals surface area (Å²) in [6, 6.07) is 9.28. The molecule has 1 aliphatic heterocycles. The van der Waals surface area contributed by atoms with Crippen LogP contribution in [0.2, 0.25) is 10.0 Å². The Morgan fingerprint density at radius 3 is 2.54 bits per heavy atom. The Labute approximate surface area is 151 Å². The maximum atomic E-state index is 12.5. The first-order valence-electron chi connectivity index (χ1n) is 7.96. The molecule has 0 bridgehead atoms. The minimum Gasteiger partial charge on any atom is -0.357 e. The summed E-state index contributed by atoms with van der Waals surface area (Å²) in [6.45, 7) is 3.57. The van der Waals surface area contributed by atoms with E-state index in [-0.39, 0.29) is 11.8 Å². The first-order valence-corrected chi connectivity index (χ1v) is 8.72. The van der Waals surface area contributed by atoms with Crippen LogP contribution in [0.1, 0.15) is 18.4 Å². The highest BCUT2D eigenvalue weighted by Crippen LogP contribution is 2.25. The molecule has 0 aliphatic carbocycles. The van der Waals surface area contributed by atoms with Crippen molar-refractivity contribution in [3.05, 3.63) is 52.1 Å². The second kappa shape index (κ2) is 7.41. The van der Waals surface area contributed by atoms with Gasteiger partial charge in [0.2, 0.25) is 5.91 Å². The molecular weight excluding hydrogens is 345 g/mol. The van der Waals surface area contributed by atoms with Gasteiger partial charge in [0.1, 0.15) is 5.82 Å². The summed E-state index contributed by atoms with van der Waals surface area (Å²) < 4.78 is 0. The van der Waals surface area contributed by atoms with E-state index in [1.54, 1.807) is 12.3 Å². The number of benzene rings is 1. The van der Waals surface area contributed by atoms with Gasteiger partial charge in [-0.25, -0.2) is 4.98 Å². The van der Waals surface area contributed by atoms with E-state index in [1.165, 1.54) is 0 Å². The molecule has 1 fully saturated rings. The molecule has 1 aromatic heterocycles. The van der Waals surface area contributed by atoms with Crippen LogP contribution in [0.4, 0.5) is 11.5 Å². The molecular formula is C18H19Cl2N3O. The molecule has 0 saturated carbocycles. The lowest BCUT2D eigenvalue weighted by Gasteiger charge is -2.32. The van der Waals surface area contributed by atoms with Crippen molar-refractivity contribution in [3.8, 4) is 0 Å². The van der Waals surface area contributed by atoms with Crippen molar-refractivity contribution in [2.75, 3.05) is 23.3 Å². The molecule has 2 aromatic rings. The number of carbonyl (C=O) groups excluding carboxylic acids is 1. The number of nitrogens with one attached hydrogen (secondary N) is 1. The summed E-state index contributed by atoms with van der Waals surface area (Å²) in [5.74, 6) is 0.972. The highest BCUT2D eigenvalue weighted by atomic mass is 35.5. The average molecular weight is 364 g/mol. The number of carbonyl (C=O) groups is 1. The van der Waals surface area contributed by atoms with E-state index >= 15 is 0 Å². The molecule has 4 nitrogen and oxygen atoms in total. The van der Waals surface area contributed by atoms with Crippen LogP contribution in [-0.4, -0.2) is 24.0 Å². The fourth-order valence-electron chi connectivity index (χ4n) is 2.89. The van der Waals surface area contributed by atoms with Gasteiger partial charge in [0, 0.05) is 35.9 Å². The normalized spacial score (nSPS) is 15.4. The number of pyridine rings is 1. The van der Waals surface area contributed by atoms with Gasteiger partial charge in [0.25, 0.3) is 0 Å². The summed E-state index contributed by atoms with van der Waals surface area (Å²) in [5, 5.41) is 4.26. The lowest BCUT2D eigenvalue weighted by Crippen LogP contribution is -2.38. The van der Waals surface area contributed by atoms with Crippen LogP contribution < -0.4 is 10.2 Å². The van der Waals surface area contributed by atoms with Crippen LogP contribution in [0, 0.1) is 12.8 Å². The van der Waals surface area contributed by atoms with Crippen molar-refractivity contribution in [1.82, 2.24) is 4.98 Å². The zero-order chi connectivity index (χ0) is 17.1. The number of hydrogen-bond acceptors (Lipinski definition) is 3. The molecule has 0 spiro atoms. The Kier molecular flexibility index (Phi) is 5.27. The minimum absolute atomic E-state index is 0.00642. The number of nitrogens with zero attached hydrogens (tertiary/aromatic N) is 2. The zero-order valence-corrected chi connectivity index (χ0v) is 14.9. The van der Waals surface area contributed by atoms with E-state index in [0.717, 1.165) is 43.0 Å².